The first kappa shape index (κ1) is 12.0. The second kappa shape index (κ2) is 11.1. The first-order chi connectivity index (χ1) is 6.41. The summed E-state index contributed by atoms with van der Waals surface area (Å²) in [6.45, 7) is 2.80. The Bertz CT molecular complexity index is 169. The lowest BCUT2D eigenvalue weighted by Gasteiger charge is -1.93. The molecule has 0 aliphatic carbocycles. The summed E-state index contributed by atoms with van der Waals surface area (Å²) < 4.78 is 0. The van der Waals surface area contributed by atoms with E-state index in [1.54, 1.807) is 0 Å². The number of rotatable bonds is 8. The van der Waals surface area contributed by atoms with Crippen molar-refractivity contribution in [2.45, 2.75) is 45.4 Å². The van der Waals surface area contributed by atoms with E-state index in [4.69, 9.17) is 5.53 Å². The summed E-state index contributed by atoms with van der Waals surface area (Å²) in [7, 11) is 0. The van der Waals surface area contributed by atoms with Crippen molar-refractivity contribution in [1.82, 2.24) is 0 Å². The molecule has 0 atom stereocenters. The number of hydrogen-bond acceptors (Lipinski definition) is 1. The molecule has 0 saturated carbocycles. The van der Waals surface area contributed by atoms with E-state index in [2.05, 4.69) is 29.1 Å². The fraction of sp³-hybridized carbons (Fsp3) is 0.800. The minimum atomic E-state index is 0.585. The van der Waals surface area contributed by atoms with Crippen LogP contribution in [0.15, 0.2) is 17.3 Å². The molecule has 0 radical (unpaired) electrons. The van der Waals surface area contributed by atoms with E-state index in [0.717, 1.165) is 12.8 Å². The van der Waals surface area contributed by atoms with Gasteiger partial charge in [-0.1, -0.05) is 43.5 Å². The maximum absolute atomic E-state index is 8.00. The topological polar surface area (TPSA) is 48.8 Å². The third kappa shape index (κ3) is 11.0. The van der Waals surface area contributed by atoms with Crippen molar-refractivity contribution in [3.63, 3.8) is 0 Å². The fourth-order valence-electron chi connectivity index (χ4n) is 1.10. The molecule has 3 heteroatoms. The van der Waals surface area contributed by atoms with Gasteiger partial charge in [0.2, 0.25) is 0 Å². The van der Waals surface area contributed by atoms with E-state index in [1.807, 2.05) is 0 Å². The molecule has 13 heavy (non-hydrogen) atoms. The van der Waals surface area contributed by atoms with E-state index in [9.17, 15) is 0 Å². The van der Waals surface area contributed by atoms with Gasteiger partial charge in [-0.05, 0) is 24.8 Å². The summed E-state index contributed by atoms with van der Waals surface area (Å²) in [4.78, 5) is 2.69. The number of azide groups is 1. The summed E-state index contributed by atoms with van der Waals surface area (Å²) in [6.07, 6.45) is 11.6. The predicted octanol–water partition coefficient (Wildman–Crippen LogP) is 4.21. The SMILES string of the molecule is CCCCCC/C=C\CCN=[N+]=[N-]. The van der Waals surface area contributed by atoms with Crippen LogP contribution >= 0.6 is 0 Å². The van der Waals surface area contributed by atoms with Gasteiger partial charge >= 0.3 is 0 Å². The zero-order valence-corrected chi connectivity index (χ0v) is 8.45. The summed E-state index contributed by atoms with van der Waals surface area (Å²) in [5.41, 5.74) is 8.00. The normalized spacial score (nSPS) is 10.2. The quantitative estimate of drug-likeness (QED) is 0.177. The highest BCUT2D eigenvalue weighted by atomic mass is 15.1. The van der Waals surface area contributed by atoms with Crippen molar-refractivity contribution in [2.24, 2.45) is 5.11 Å². The molecule has 0 aromatic carbocycles. The Hall–Kier alpha value is -0.950. The first-order valence-electron chi connectivity index (χ1n) is 5.07. The maximum Gasteiger partial charge on any atom is 0.0292 e. The van der Waals surface area contributed by atoms with Gasteiger partial charge < -0.3 is 0 Å². The highest BCUT2D eigenvalue weighted by Gasteiger charge is 1.83. The molecular weight excluding hydrogens is 162 g/mol. The van der Waals surface area contributed by atoms with Crippen LogP contribution in [0, 0.1) is 0 Å². The Kier molecular flexibility index (Phi) is 10.2. The van der Waals surface area contributed by atoms with Crippen LogP contribution in [0.2, 0.25) is 0 Å². The molecule has 0 amide bonds. The number of unbranched alkanes of at least 4 members (excludes halogenated alkanes) is 4. The predicted molar refractivity (Wildman–Crippen MR) is 56.5 cm³/mol. The Balaban J connectivity index is 3.07. The molecule has 0 rings (SSSR count). The Labute approximate surface area is 80.5 Å². The minimum absolute atomic E-state index is 0.585. The molecule has 0 N–H and O–H groups in total. The molecule has 3 nitrogen and oxygen atoms in total. The van der Waals surface area contributed by atoms with Gasteiger partial charge in [0.1, 0.15) is 0 Å². The van der Waals surface area contributed by atoms with E-state index < -0.39 is 0 Å². The third-order valence-electron chi connectivity index (χ3n) is 1.85. The zero-order valence-electron chi connectivity index (χ0n) is 8.45. The summed E-state index contributed by atoms with van der Waals surface area (Å²) in [6, 6.07) is 0. The van der Waals surface area contributed by atoms with Gasteiger partial charge in [0.15, 0.2) is 0 Å². The van der Waals surface area contributed by atoms with Crippen LogP contribution in [0.1, 0.15) is 45.4 Å². The fourth-order valence-corrected chi connectivity index (χ4v) is 1.10. The summed E-state index contributed by atoms with van der Waals surface area (Å²) >= 11 is 0. The molecule has 0 fully saturated rings. The summed E-state index contributed by atoms with van der Waals surface area (Å²) in [5.74, 6) is 0. The molecule has 0 aliphatic heterocycles. The van der Waals surface area contributed by atoms with Crippen molar-refractivity contribution in [3.05, 3.63) is 22.6 Å². The van der Waals surface area contributed by atoms with E-state index in [-0.39, 0.29) is 0 Å². The van der Waals surface area contributed by atoms with Crippen LogP contribution in [0.25, 0.3) is 10.4 Å². The van der Waals surface area contributed by atoms with Gasteiger partial charge in [0.05, 0.1) is 0 Å². The van der Waals surface area contributed by atoms with Gasteiger partial charge in [-0.25, -0.2) is 0 Å². The molecule has 0 heterocycles. The van der Waals surface area contributed by atoms with Crippen LogP contribution in [0.4, 0.5) is 0 Å². The first-order valence-corrected chi connectivity index (χ1v) is 5.07. The van der Waals surface area contributed by atoms with Crippen molar-refractivity contribution in [2.75, 3.05) is 6.54 Å². The minimum Gasteiger partial charge on any atom is -0.0937 e. The smallest absolute Gasteiger partial charge is 0.0292 e. The highest BCUT2D eigenvalue weighted by Crippen LogP contribution is 2.03. The van der Waals surface area contributed by atoms with E-state index >= 15 is 0 Å². The molecular formula is C10H19N3. The van der Waals surface area contributed by atoms with Gasteiger partial charge in [-0.15, -0.1) is 0 Å². The lowest BCUT2D eigenvalue weighted by Crippen LogP contribution is -1.75. The molecule has 0 unspecified atom stereocenters. The average molecular weight is 181 g/mol. The van der Waals surface area contributed by atoms with Gasteiger partial charge in [-0.2, -0.15) is 0 Å². The molecule has 0 aliphatic rings. The maximum atomic E-state index is 8.00. The molecule has 74 valence electrons. The molecule has 0 aromatic heterocycles. The van der Waals surface area contributed by atoms with Crippen LogP contribution in [0.3, 0.4) is 0 Å². The lowest BCUT2D eigenvalue weighted by molar-refractivity contribution is 0.674. The van der Waals surface area contributed by atoms with Crippen LogP contribution < -0.4 is 0 Å². The van der Waals surface area contributed by atoms with Crippen molar-refractivity contribution in [1.29, 1.82) is 0 Å². The lowest BCUT2D eigenvalue weighted by atomic mass is 10.1. The van der Waals surface area contributed by atoms with Crippen LogP contribution in [-0.4, -0.2) is 6.54 Å². The Morgan fingerprint density at radius 3 is 2.62 bits per heavy atom. The zero-order chi connectivity index (χ0) is 9.78. The largest absolute Gasteiger partial charge is 0.0937 e. The number of nitrogens with zero attached hydrogens (tertiary/aromatic N) is 3. The molecule has 0 aromatic rings. The van der Waals surface area contributed by atoms with E-state index in [0.29, 0.717) is 6.54 Å². The molecule has 0 spiro atoms. The van der Waals surface area contributed by atoms with Crippen molar-refractivity contribution >= 4 is 0 Å². The highest BCUT2D eigenvalue weighted by molar-refractivity contribution is 4.81. The average Bonchev–Trinajstić information content (AvgIpc) is 2.16. The van der Waals surface area contributed by atoms with Crippen LogP contribution in [-0.2, 0) is 0 Å². The monoisotopic (exact) mass is 181 g/mol. The van der Waals surface area contributed by atoms with E-state index in [1.165, 1.54) is 25.7 Å². The Morgan fingerprint density at radius 2 is 1.92 bits per heavy atom. The van der Waals surface area contributed by atoms with Crippen molar-refractivity contribution < 1.29 is 0 Å². The second-order valence-electron chi connectivity index (χ2n) is 3.06. The standard InChI is InChI=1S/C10H19N3/c1-2-3-4-5-6-7-8-9-10-12-13-11/h7-8H,2-6,9-10H2,1H3/b8-7-. The van der Waals surface area contributed by atoms with Crippen LogP contribution in [0.5, 0.6) is 0 Å². The molecule has 0 saturated heterocycles. The van der Waals surface area contributed by atoms with Gasteiger partial charge in [0, 0.05) is 11.5 Å². The van der Waals surface area contributed by atoms with Gasteiger partial charge in [0.25, 0.3) is 0 Å². The van der Waals surface area contributed by atoms with Gasteiger partial charge in [-0.3, -0.25) is 0 Å². The third-order valence-corrected chi connectivity index (χ3v) is 1.85. The number of allylic oxidation sites excluding steroid dienone is 1. The Morgan fingerprint density at radius 1 is 1.15 bits per heavy atom. The summed E-state index contributed by atoms with van der Waals surface area (Å²) in [5, 5.41) is 3.45. The number of hydrogen-bond donors (Lipinski definition) is 0. The second-order valence-corrected chi connectivity index (χ2v) is 3.06. The molecule has 0 bridgehead atoms. The van der Waals surface area contributed by atoms with Crippen molar-refractivity contribution in [3.8, 4) is 0 Å².